The van der Waals surface area contributed by atoms with Crippen molar-refractivity contribution in [1.82, 2.24) is 9.62 Å². The molecule has 1 amide bonds. The Hall–Kier alpha value is -1.40. The van der Waals surface area contributed by atoms with Gasteiger partial charge < -0.3 is 5.32 Å². The third-order valence-corrected chi connectivity index (χ3v) is 5.29. The SMILES string of the molecule is Cc1ccc(C(=O)NCCS(=O)(=O)N2CCCC2)cc1. The average Bonchev–Trinajstić information content (AvgIpc) is 2.94. The maximum absolute atomic E-state index is 12.0. The Balaban J connectivity index is 1.83. The minimum atomic E-state index is -3.23. The van der Waals surface area contributed by atoms with Gasteiger partial charge in [0, 0.05) is 25.2 Å². The summed E-state index contributed by atoms with van der Waals surface area (Å²) in [6.45, 7) is 3.30. The van der Waals surface area contributed by atoms with Crippen molar-refractivity contribution in [1.29, 1.82) is 0 Å². The highest BCUT2D eigenvalue weighted by Gasteiger charge is 2.24. The van der Waals surface area contributed by atoms with E-state index >= 15 is 0 Å². The number of nitrogens with one attached hydrogen (secondary N) is 1. The molecule has 1 N–H and O–H groups in total. The molecule has 2 rings (SSSR count). The number of benzene rings is 1. The molecule has 0 atom stereocenters. The zero-order valence-corrected chi connectivity index (χ0v) is 12.4. The van der Waals surface area contributed by atoms with Crippen LogP contribution in [-0.2, 0) is 10.0 Å². The standard InChI is InChI=1S/C14H20N2O3S/c1-12-4-6-13(7-5-12)14(17)15-8-11-20(18,19)16-9-2-3-10-16/h4-7H,2-3,8-11H2,1H3,(H,15,17). The van der Waals surface area contributed by atoms with Crippen molar-refractivity contribution in [2.24, 2.45) is 0 Å². The van der Waals surface area contributed by atoms with Gasteiger partial charge in [0.05, 0.1) is 5.75 Å². The molecule has 20 heavy (non-hydrogen) atoms. The third kappa shape index (κ3) is 3.80. The van der Waals surface area contributed by atoms with Crippen LogP contribution in [0.4, 0.5) is 0 Å². The van der Waals surface area contributed by atoms with Gasteiger partial charge in [0.25, 0.3) is 5.91 Å². The lowest BCUT2D eigenvalue weighted by Gasteiger charge is -2.15. The van der Waals surface area contributed by atoms with E-state index in [0.717, 1.165) is 18.4 Å². The minimum Gasteiger partial charge on any atom is -0.351 e. The van der Waals surface area contributed by atoms with Crippen LogP contribution < -0.4 is 5.32 Å². The zero-order valence-electron chi connectivity index (χ0n) is 11.6. The first-order valence-corrected chi connectivity index (χ1v) is 8.43. The highest BCUT2D eigenvalue weighted by Crippen LogP contribution is 2.12. The first kappa shape index (κ1) is 15.0. The van der Waals surface area contributed by atoms with Gasteiger partial charge in [-0.1, -0.05) is 17.7 Å². The van der Waals surface area contributed by atoms with E-state index in [-0.39, 0.29) is 18.2 Å². The van der Waals surface area contributed by atoms with Gasteiger partial charge in [-0.2, -0.15) is 0 Å². The number of rotatable bonds is 5. The van der Waals surface area contributed by atoms with Crippen LogP contribution >= 0.6 is 0 Å². The number of sulfonamides is 1. The van der Waals surface area contributed by atoms with Crippen molar-refractivity contribution in [3.8, 4) is 0 Å². The molecule has 5 nitrogen and oxygen atoms in total. The van der Waals surface area contributed by atoms with E-state index in [2.05, 4.69) is 5.32 Å². The topological polar surface area (TPSA) is 66.5 Å². The number of hydrogen-bond acceptors (Lipinski definition) is 3. The summed E-state index contributed by atoms with van der Waals surface area (Å²) < 4.78 is 25.4. The molecule has 6 heteroatoms. The van der Waals surface area contributed by atoms with Gasteiger partial charge in [-0.15, -0.1) is 0 Å². The van der Waals surface area contributed by atoms with Crippen LogP contribution in [0.25, 0.3) is 0 Å². The highest BCUT2D eigenvalue weighted by molar-refractivity contribution is 7.89. The monoisotopic (exact) mass is 296 g/mol. The normalized spacial score (nSPS) is 16.2. The van der Waals surface area contributed by atoms with Crippen LogP contribution in [-0.4, -0.2) is 44.0 Å². The maximum atomic E-state index is 12.0. The van der Waals surface area contributed by atoms with Crippen LogP contribution in [0.15, 0.2) is 24.3 Å². The van der Waals surface area contributed by atoms with Crippen molar-refractivity contribution < 1.29 is 13.2 Å². The van der Waals surface area contributed by atoms with Gasteiger partial charge in [-0.25, -0.2) is 12.7 Å². The summed E-state index contributed by atoms with van der Waals surface area (Å²) in [6, 6.07) is 7.19. The van der Waals surface area contributed by atoms with Gasteiger partial charge in [-0.05, 0) is 31.9 Å². The first-order valence-electron chi connectivity index (χ1n) is 6.82. The second kappa shape index (κ2) is 6.37. The number of hydrogen-bond donors (Lipinski definition) is 1. The molecule has 110 valence electrons. The van der Waals surface area contributed by atoms with Gasteiger partial charge >= 0.3 is 0 Å². The van der Waals surface area contributed by atoms with Crippen molar-refractivity contribution in [2.75, 3.05) is 25.4 Å². The van der Waals surface area contributed by atoms with Gasteiger partial charge in [-0.3, -0.25) is 4.79 Å². The van der Waals surface area contributed by atoms with Gasteiger partial charge in [0.1, 0.15) is 0 Å². The number of aryl methyl sites for hydroxylation is 1. The first-order chi connectivity index (χ1) is 9.49. The van der Waals surface area contributed by atoms with Crippen molar-refractivity contribution >= 4 is 15.9 Å². The molecule has 1 aromatic rings. The molecule has 1 heterocycles. The van der Waals surface area contributed by atoms with Crippen molar-refractivity contribution in [3.05, 3.63) is 35.4 Å². The summed E-state index contributed by atoms with van der Waals surface area (Å²) >= 11 is 0. The van der Waals surface area contributed by atoms with E-state index in [4.69, 9.17) is 0 Å². The lowest BCUT2D eigenvalue weighted by molar-refractivity contribution is 0.0956. The molecule has 0 unspecified atom stereocenters. The number of carbonyl (C=O) groups is 1. The Bertz CT molecular complexity index is 561. The summed E-state index contributed by atoms with van der Waals surface area (Å²) in [4.78, 5) is 11.8. The molecule has 1 aromatic carbocycles. The molecule has 1 saturated heterocycles. The van der Waals surface area contributed by atoms with Crippen molar-refractivity contribution in [2.45, 2.75) is 19.8 Å². The average molecular weight is 296 g/mol. The second-order valence-corrected chi connectivity index (χ2v) is 7.13. The third-order valence-electron chi connectivity index (χ3n) is 3.42. The summed E-state index contributed by atoms with van der Waals surface area (Å²) in [5.74, 6) is -0.272. The van der Waals surface area contributed by atoms with Crippen LogP contribution in [0, 0.1) is 6.92 Å². The Labute approximate surface area is 120 Å². The molecule has 1 aliphatic heterocycles. The Morgan fingerprint density at radius 2 is 1.80 bits per heavy atom. The predicted octanol–water partition coefficient (Wildman–Crippen LogP) is 1.15. The van der Waals surface area contributed by atoms with Crippen LogP contribution in [0.2, 0.25) is 0 Å². The maximum Gasteiger partial charge on any atom is 0.251 e. The van der Waals surface area contributed by atoms with E-state index < -0.39 is 10.0 Å². The zero-order chi connectivity index (χ0) is 14.6. The fourth-order valence-corrected chi connectivity index (χ4v) is 3.63. The molecule has 1 aliphatic rings. The lowest BCUT2D eigenvalue weighted by atomic mass is 10.1. The van der Waals surface area contributed by atoms with Gasteiger partial charge in [0.2, 0.25) is 10.0 Å². The molecule has 0 saturated carbocycles. The number of amides is 1. The van der Waals surface area contributed by atoms with Crippen LogP contribution in [0.5, 0.6) is 0 Å². The Kier molecular flexibility index (Phi) is 4.77. The summed E-state index contributed by atoms with van der Waals surface area (Å²) in [5, 5.41) is 2.65. The van der Waals surface area contributed by atoms with E-state index in [1.54, 1.807) is 12.1 Å². The van der Waals surface area contributed by atoms with Gasteiger partial charge in [0.15, 0.2) is 0 Å². The lowest BCUT2D eigenvalue weighted by Crippen LogP contribution is -2.36. The van der Waals surface area contributed by atoms with E-state index in [0.29, 0.717) is 18.7 Å². The predicted molar refractivity (Wildman–Crippen MR) is 78.1 cm³/mol. The molecule has 0 bridgehead atoms. The molecule has 0 aliphatic carbocycles. The number of carbonyl (C=O) groups excluding carboxylic acids is 1. The minimum absolute atomic E-state index is 0.0371. The van der Waals surface area contributed by atoms with E-state index in [9.17, 15) is 13.2 Å². The molecular weight excluding hydrogens is 276 g/mol. The molecule has 1 fully saturated rings. The van der Waals surface area contributed by atoms with Crippen LogP contribution in [0.1, 0.15) is 28.8 Å². The number of nitrogens with zero attached hydrogens (tertiary/aromatic N) is 1. The highest BCUT2D eigenvalue weighted by atomic mass is 32.2. The van der Waals surface area contributed by atoms with Crippen LogP contribution in [0.3, 0.4) is 0 Å². The molecular formula is C14H20N2O3S. The van der Waals surface area contributed by atoms with E-state index in [1.165, 1.54) is 4.31 Å². The summed E-state index contributed by atoms with van der Waals surface area (Å²) in [5.41, 5.74) is 1.63. The smallest absolute Gasteiger partial charge is 0.251 e. The molecule has 0 spiro atoms. The molecule has 0 radical (unpaired) electrons. The van der Waals surface area contributed by atoms with Crippen molar-refractivity contribution in [3.63, 3.8) is 0 Å². The Morgan fingerprint density at radius 1 is 1.20 bits per heavy atom. The molecule has 0 aromatic heterocycles. The fraction of sp³-hybridized carbons (Fsp3) is 0.500. The quantitative estimate of drug-likeness (QED) is 0.886. The largest absolute Gasteiger partial charge is 0.351 e. The second-order valence-electron chi connectivity index (χ2n) is 5.04. The Morgan fingerprint density at radius 3 is 2.40 bits per heavy atom. The fourth-order valence-electron chi connectivity index (χ4n) is 2.20. The summed E-state index contributed by atoms with van der Waals surface area (Å²) in [6.07, 6.45) is 1.85. The van der Waals surface area contributed by atoms with E-state index in [1.807, 2.05) is 19.1 Å². The summed E-state index contributed by atoms with van der Waals surface area (Å²) in [7, 11) is -3.23.